The highest BCUT2D eigenvalue weighted by atomic mass is 32.2. The van der Waals surface area contributed by atoms with Crippen molar-refractivity contribution >= 4 is 21.6 Å². The molecule has 2 heterocycles. The molecule has 7 nitrogen and oxygen atoms in total. The molecule has 0 atom stereocenters. The van der Waals surface area contributed by atoms with Crippen LogP contribution in [0.5, 0.6) is 0 Å². The summed E-state index contributed by atoms with van der Waals surface area (Å²) in [5.41, 5.74) is 0.426. The van der Waals surface area contributed by atoms with E-state index < -0.39 is 10.0 Å². The van der Waals surface area contributed by atoms with Crippen LogP contribution >= 0.6 is 0 Å². The van der Waals surface area contributed by atoms with Crippen molar-refractivity contribution in [3.8, 4) is 0 Å². The minimum Gasteiger partial charge on any atom is -0.323 e. The van der Waals surface area contributed by atoms with Gasteiger partial charge in [-0.1, -0.05) is 20.8 Å². The molecule has 1 N–H and O–H groups in total. The molecule has 0 radical (unpaired) electrons. The van der Waals surface area contributed by atoms with Crippen LogP contribution in [0, 0.1) is 5.92 Å². The summed E-state index contributed by atoms with van der Waals surface area (Å²) >= 11 is 0. The van der Waals surface area contributed by atoms with Crippen molar-refractivity contribution < 1.29 is 13.2 Å². The highest BCUT2D eigenvalue weighted by molar-refractivity contribution is 7.88. The Balaban J connectivity index is 1.93. The van der Waals surface area contributed by atoms with Gasteiger partial charge < -0.3 is 5.32 Å². The summed E-state index contributed by atoms with van der Waals surface area (Å²) in [6.07, 6.45) is 5.47. The first-order valence-electron chi connectivity index (χ1n) is 7.66. The number of carbonyl (C=O) groups is 1. The van der Waals surface area contributed by atoms with Crippen molar-refractivity contribution in [1.82, 2.24) is 14.3 Å². The van der Waals surface area contributed by atoms with Gasteiger partial charge in [-0.3, -0.25) is 4.79 Å². The SMILES string of the molecule is CC(C)(C)c1ncc(NC(=O)C2CCN(S(C)(=O)=O)CC2)cn1. The normalized spacial score (nSPS) is 17.9. The van der Waals surface area contributed by atoms with E-state index in [1.165, 1.54) is 10.6 Å². The molecule has 0 bridgehead atoms. The number of piperidine rings is 1. The fourth-order valence-electron chi connectivity index (χ4n) is 2.47. The van der Waals surface area contributed by atoms with Gasteiger partial charge in [0.2, 0.25) is 15.9 Å². The average Bonchev–Trinajstić information content (AvgIpc) is 2.46. The van der Waals surface area contributed by atoms with Crippen LogP contribution in [0.1, 0.15) is 39.4 Å². The lowest BCUT2D eigenvalue weighted by Crippen LogP contribution is -2.40. The Morgan fingerprint density at radius 1 is 1.22 bits per heavy atom. The zero-order valence-corrected chi connectivity index (χ0v) is 14.9. The second-order valence-corrected chi connectivity index (χ2v) is 8.95. The van der Waals surface area contributed by atoms with Crippen LogP contribution < -0.4 is 5.32 Å². The number of amides is 1. The number of carbonyl (C=O) groups excluding carboxylic acids is 1. The monoisotopic (exact) mass is 340 g/mol. The summed E-state index contributed by atoms with van der Waals surface area (Å²) in [6.45, 7) is 6.84. The van der Waals surface area contributed by atoms with Crippen LogP contribution in [0.2, 0.25) is 0 Å². The van der Waals surface area contributed by atoms with Gasteiger partial charge in [0, 0.05) is 24.4 Å². The minimum absolute atomic E-state index is 0.106. The average molecular weight is 340 g/mol. The highest BCUT2D eigenvalue weighted by Crippen LogP contribution is 2.22. The summed E-state index contributed by atoms with van der Waals surface area (Å²) in [5, 5.41) is 2.81. The first kappa shape index (κ1) is 17.8. The van der Waals surface area contributed by atoms with Crippen molar-refractivity contribution in [3.63, 3.8) is 0 Å². The molecule has 8 heteroatoms. The van der Waals surface area contributed by atoms with Gasteiger partial charge in [-0.25, -0.2) is 22.7 Å². The first-order valence-corrected chi connectivity index (χ1v) is 9.51. The Hall–Kier alpha value is -1.54. The number of anilines is 1. The summed E-state index contributed by atoms with van der Waals surface area (Å²) in [5.74, 6) is 0.428. The third kappa shape index (κ3) is 4.71. The van der Waals surface area contributed by atoms with E-state index in [1.54, 1.807) is 12.4 Å². The molecule has 23 heavy (non-hydrogen) atoms. The number of nitrogens with one attached hydrogen (secondary N) is 1. The smallest absolute Gasteiger partial charge is 0.227 e. The quantitative estimate of drug-likeness (QED) is 0.897. The molecular weight excluding hydrogens is 316 g/mol. The van der Waals surface area contributed by atoms with Gasteiger partial charge in [0.15, 0.2) is 0 Å². The third-order valence-corrected chi connectivity index (χ3v) is 5.19. The Morgan fingerprint density at radius 2 is 1.74 bits per heavy atom. The third-order valence-electron chi connectivity index (χ3n) is 3.88. The highest BCUT2D eigenvalue weighted by Gasteiger charge is 2.29. The van der Waals surface area contributed by atoms with E-state index in [9.17, 15) is 13.2 Å². The molecule has 1 aliphatic heterocycles. The Bertz CT molecular complexity index is 657. The number of sulfonamides is 1. The molecule has 0 saturated carbocycles. The number of hydrogen-bond acceptors (Lipinski definition) is 5. The molecule has 1 fully saturated rings. The molecule has 1 aromatic heterocycles. The Morgan fingerprint density at radius 3 is 2.17 bits per heavy atom. The predicted molar refractivity (Wildman–Crippen MR) is 88.5 cm³/mol. The van der Waals surface area contributed by atoms with Crippen LogP contribution in [0.4, 0.5) is 5.69 Å². The van der Waals surface area contributed by atoms with Gasteiger partial charge in [-0.15, -0.1) is 0 Å². The number of aromatic nitrogens is 2. The van der Waals surface area contributed by atoms with Crippen LogP contribution in [0.15, 0.2) is 12.4 Å². The molecule has 0 spiro atoms. The molecule has 0 unspecified atom stereocenters. The Labute approximate surface area is 137 Å². The summed E-state index contributed by atoms with van der Waals surface area (Å²) in [6, 6.07) is 0. The topological polar surface area (TPSA) is 92.3 Å². The molecule has 0 aliphatic carbocycles. The lowest BCUT2D eigenvalue weighted by molar-refractivity contribution is -0.120. The van der Waals surface area contributed by atoms with Gasteiger partial charge in [0.25, 0.3) is 0 Å². The van der Waals surface area contributed by atoms with Crippen molar-refractivity contribution in [2.24, 2.45) is 5.92 Å². The fourth-order valence-corrected chi connectivity index (χ4v) is 3.35. The predicted octanol–water partition coefficient (Wildman–Crippen LogP) is 1.38. The Kier molecular flexibility index (Phi) is 5.05. The summed E-state index contributed by atoms with van der Waals surface area (Å²) < 4.78 is 24.4. The number of rotatable bonds is 3. The zero-order chi connectivity index (χ0) is 17.3. The largest absolute Gasteiger partial charge is 0.323 e. The fraction of sp³-hybridized carbons (Fsp3) is 0.667. The van der Waals surface area contributed by atoms with Crippen LogP contribution in [0.25, 0.3) is 0 Å². The van der Waals surface area contributed by atoms with Crippen molar-refractivity contribution in [2.45, 2.75) is 39.0 Å². The molecule has 128 valence electrons. The molecule has 1 amide bonds. The maximum atomic E-state index is 12.3. The van der Waals surface area contributed by atoms with Gasteiger partial charge >= 0.3 is 0 Å². The molecule has 2 rings (SSSR count). The van der Waals surface area contributed by atoms with E-state index in [2.05, 4.69) is 15.3 Å². The maximum Gasteiger partial charge on any atom is 0.227 e. The molecule has 1 aliphatic rings. The van der Waals surface area contributed by atoms with Gasteiger partial charge in [-0.2, -0.15) is 0 Å². The molecule has 0 aromatic carbocycles. The summed E-state index contributed by atoms with van der Waals surface area (Å²) in [4.78, 5) is 20.8. The zero-order valence-electron chi connectivity index (χ0n) is 14.0. The van der Waals surface area contributed by atoms with Crippen molar-refractivity contribution in [1.29, 1.82) is 0 Å². The van der Waals surface area contributed by atoms with Crippen LogP contribution in [-0.4, -0.2) is 47.9 Å². The molecular formula is C15H24N4O3S. The van der Waals surface area contributed by atoms with E-state index in [0.29, 0.717) is 31.6 Å². The van der Waals surface area contributed by atoms with Crippen molar-refractivity contribution in [2.75, 3.05) is 24.7 Å². The van der Waals surface area contributed by atoms with E-state index in [-0.39, 0.29) is 17.2 Å². The number of nitrogens with zero attached hydrogens (tertiary/aromatic N) is 3. The maximum absolute atomic E-state index is 12.3. The van der Waals surface area contributed by atoms with Gasteiger partial charge in [-0.05, 0) is 12.8 Å². The lowest BCUT2D eigenvalue weighted by atomic mass is 9.96. The standard InChI is InChI=1S/C15H24N4O3S/c1-15(2,3)14-16-9-12(10-17-14)18-13(20)11-5-7-19(8-6-11)23(4,21)22/h9-11H,5-8H2,1-4H3,(H,18,20). The van der Waals surface area contributed by atoms with E-state index in [0.717, 1.165) is 5.82 Å². The van der Waals surface area contributed by atoms with Crippen LogP contribution in [0.3, 0.4) is 0 Å². The molecule has 1 aromatic rings. The van der Waals surface area contributed by atoms with E-state index >= 15 is 0 Å². The van der Waals surface area contributed by atoms with Gasteiger partial charge in [0.05, 0.1) is 24.3 Å². The summed E-state index contributed by atoms with van der Waals surface area (Å²) in [7, 11) is -3.17. The minimum atomic E-state index is -3.17. The van der Waals surface area contributed by atoms with Crippen molar-refractivity contribution in [3.05, 3.63) is 18.2 Å². The number of hydrogen-bond donors (Lipinski definition) is 1. The van der Waals surface area contributed by atoms with Crippen LogP contribution in [-0.2, 0) is 20.2 Å². The van der Waals surface area contributed by atoms with E-state index in [1.807, 2.05) is 20.8 Å². The van der Waals surface area contributed by atoms with E-state index in [4.69, 9.17) is 0 Å². The second kappa shape index (κ2) is 6.52. The molecule has 1 saturated heterocycles. The lowest BCUT2D eigenvalue weighted by Gasteiger charge is -2.29. The first-order chi connectivity index (χ1) is 10.6. The van der Waals surface area contributed by atoms with Gasteiger partial charge in [0.1, 0.15) is 5.82 Å². The second-order valence-electron chi connectivity index (χ2n) is 6.97.